The van der Waals surface area contributed by atoms with Crippen molar-refractivity contribution in [3.8, 4) is 16.9 Å². The first-order chi connectivity index (χ1) is 14.5. The van der Waals surface area contributed by atoms with Gasteiger partial charge in [0.1, 0.15) is 12.3 Å². The molecule has 6 nitrogen and oxygen atoms in total. The lowest BCUT2D eigenvalue weighted by Crippen LogP contribution is -2.41. The first-order valence-corrected chi connectivity index (χ1v) is 10.2. The molecule has 30 heavy (non-hydrogen) atoms. The largest absolute Gasteiger partial charge is 0.497 e. The van der Waals surface area contributed by atoms with E-state index in [-0.39, 0.29) is 24.0 Å². The molecular formula is C24H26N2O4. The molecular weight excluding hydrogens is 380 g/mol. The van der Waals surface area contributed by atoms with Gasteiger partial charge in [-0.25, -0.2) is 0 Å². The Labute approximate surface area is 175 Å². The Kier molecular flexibility index (Phi) is 5.59. The van der Waals surface area contributed by atoms with Crippen molar-refractivity contribution in [3.05, 3.63) is 64.4 Å². The number of amides is 1. The summed E-state index contributed by atoms with van der Waals surface area (Å²) in [4.78, 5) is 27.9. The highest BCUT2D eigenvalue weighted by molar-refractivity contribution is 5.86. The number of aromatic nitrogens is 1. The van der Waals surface area contributed by atoms with Gasteiger partial charge in [0.25, 0.3) is 0 Å². The Bertz CT molecular complexity index is 1130. The van der Waals surface area contributed by atoms with E-state index in [9.17, 15) is 14.7 Å². The van der Waals surface area contributed by atoms with Gasteiger partial charge in [-0.05, 0) is 55.2 Å². The van der Waals surface area contributed by atoms with Crippen molar-refractivity contribution in [1.82, 2.24) is 9.47 Å². The number of aliphatic hydroxyl groups is 1. The highest BCUT2D eigenvalue weighted by Gasteiger charge is 2.22. The Balaban J connectivity index is 1.77. The van der Waals surface area contributed by atoms with Crippen LogP contribution in [-0.2, 0) is 11.3 Å². The number of likely N-dealkylation sites (tertiary alicyclic amines) is 1. The van der Waals surface area contributed by atoms with Crippen LogP contribution in [0.15, 0.2) is 53.5 Å². The summed E-state index contributed by atoms with van der Waals surface area (Å²) in [5.74, 6) is 0.715. The van der Waals surface area contributed by atoms with E-state index in [0.717, 1.165) is 22.4 Å². The number of piperidine rings is 1. The molecule has 2 heterocycles. The lowest BCUT2D eigenvalue weighted by atomic mass is 10.0. The Morgan fingerprint density at radius 3 is 2.50 bits per heavy atom. The zero-order chi connectivity index (χ0) is 21.3. The smallest absolute Gasteiger partial charge is 0.242 e. The third kappa shape index (κ3) is 3.96. The summed E-state index contributed by atoms with van der Waals surface area (Å²) >= 11 is 0. The van der Waals surface area contributed by atoms with Crippen LogP contribution in [0.2, 0.25) is 0 Å². The zero-order valence-corrected chi connectivity index (χ0v) is 17.3. The predicted molar refractivity (Wildman–Crippen MR) is 117 cm³/mol. The van der Waals surface area contributed by atoms with E-state index in [4.69, 9.17) is 4.74 Å². The summed E-state index contributed by atoms with van der Waals surface area (Å²) < 4.78 is 7.09. The normalized spacial score (nSPS) is 14.8. The molecule has 0 unspecified atom stereocenters. The SMILES string of the molecule is COc1ccc(-c2cn(CC(=O)N3CCC(O)CC3)c3cc(C)ccc3c2=O)cc1. The number of methoxy groups -OCH3 is 1. The van der Waals surface area contributed by atoms with Crippen LogP contribution < -0.4 is 10.2 Å². The van der Waals surface area contributed by atoms with Gasteiger partial charge in [0.15, 0.2) is 5.43 Å². The Hall–Kier alpha value is -3.12. The molecule has 3 aromatic rings. The van der Waals surface area contributed by atoms with Crippen LogP contribution in [0.5, 0.6) is 5.75 Å². The number of fused-ring (bicyclic) bond motifs is 1. The highest BCUT2D eigenvalue weighted by atomic mass is 16.5. The second kappa shape index (κ2) is 8.32. The van der Waals surface area contributed by atoms with Gasteiger partial charge in [-0.3, -0.25) is 9.59 Å². The van der Waals surface area contributed by atoms with Crippen LogP contribution in [0.3, 0.4) is 0 Å². The predicted octanol–water partition coefficient (Wildman–Crippen LogP) is 2.97. The fourth-order valence-electron chi connectivity index (χ4n) is 3.97. The van der Waals surface area contributed by atoms with Crippen molar-refractivity contribution in [2.24, 2.45) is 0 Å². The summed E-state index contributed by atoms with van der Waals surface area (Å²) in [6.07, 6.45) is 2.66. The van der Waals surface area contributed by atoms with Crippen molar-refractivity contribution in [3.63, 3.8) is 0 Å². The molecule has 0 spiro atoms. The highest BCUT2D eigenvalue weighted by Crippen LogP contribution is 2.23. The van der Waals surface area contributed by atoms with Crippen molar-refractivity contribution in [1.29, 1.82) is 0 Å². The number of hydrogen-bond acceptors (Lipinski definition) is 4. The fourth-order valence-corrected chi connectivity index (χ4v) is 3.97. The number of nitrogens with zero attached hydrogens (tertiary/aromatic N) is 2. The lowest BCUT2D eigenvalue weighted by Gasteiger charge is -2.30. The van der Waals surface area contributed by atoms with Gasteiger partial charge >= 0.3 is 0 Å². The van der Waals surface area contributed by atoms with Crippen LogP contribution in [-0.4, -0.2) is 46.8 Å². The van der Waals surface area contributed by atoms with E-state index >= 15 is 0 Å². The third-order valence-electron chi connectivity index (χ3n) is 5.76. The molecule has 0 aliphatic carbocycles. The van der Waals surface area contributed by atoms with Crippen LogP contribution in [0.4, 0.5) is 0 Å². The molecule has 156 valence electrons. The number of aryl methyl sites for hydroxylation is 1. The van der Waals surface area contributed by atoms with Crippen LogP contribution in [0, 0.1) is 6.92 Å². The van der Waals surface area contributed by atoms with E-state index < -0.39 is 0 Å². The van der Waals surface area contributed by atoms with E-state index in [0.29, 0.717) is 36.9 Å². The van der Waals surface area contributed by atoms with Crippen LogP contribution in [0.25, 0.3) is 22.0 Å². The molecule has 2 aromatic carbocycles. The molecule has 1 N–H and O–H groups in total. The van der Waals surface area contributed by atoms with Gasteiger partial charge < -0.3 is 19.3 Å². The van der Waals surface area contributed by atoms with Crippen LogP contribution in [0.1, 0.15) is 18.4 Å². The molecule has 0 radical (unpaired) electrons. The number of rotatable bonds is 4. The van der Waals surface area contributed by atoms with Gasteiger partial charge in [0.2, 0.25) is 5.91 Å². The van der Waals surface area contributed by atoms with E-state index in [1.165, 1.54) is 0 Å². The molecule has 6 heteroatoms. The van der Waals surface area contributed by atoms with Gasteiger partial charge in [0.05, 0.1) is 18.7 Å². The number of carbonyl (C=O) groups is 1. The topological polar surface area (TPSA) is 71.8 Å². The minimum atomic E-state index is -0.327. The molecule has 1 aromatic heterocycles. The van der Waals surface area contributed by atoms with Crippen molar-refractivity contribution in [2.45, 2.75) is 32.4 Å². The van der Waals surface area contributed by atoms with E-state index in [2.05, 4.69) is 0 Å². The Morgan fingerprint density at radius 2 is 1.83 bits per heavy atom. The summed E-state index contributed by atoms with van der Waals surface area (Å²) in [7, 11) is 1.60. The molecule has 1 saturated heterocycles. The molecule has 0 atom stereocenters. The van der Waals surface area contributed by atoms with E-state index in [1.807, 2.05) is 54.0 Å². The quantitative estimate of drug-likeness (QED) is 0.723. The average Bonchev–Trinajstić information content (AvgIpc) is 2.76. The number of hydrogen-bond donors (Lipinski definition) is 1. The first kappa shape index (κ1) is 20.2. The number of pyridine rings is 1. The number of carbonyl (C=O) groups excluding carboxylic acids is 1. The third-order valence-corrected chi connectivity index (χ3v) is 5.76. The maximum absolute atomic E-state index is 13.2. The molecule has 4 rings (SSSR count). The summed E-state index contributed by atoms with van der Waals surface area (Å²) in [6.45, 7) is 3.24. The van der Waals surface area contributed by atoms with E-state index in [1.54, 1.807) is 18.2 Å². The maximum atomic E-state index is 13.2. The molecule has 0 saturated carbocycles. The zero-order valence-electron chi connectivity index (χ0n) is 17.3. The molecule has 0 bridgehead atoms. The summed E-state index contributed by atoms with van der Waals surface area (Å²) in [5, 5.41) is 10.3. The Morgan fingerprint density at radius 1 is 1.13 bits per heavy atom. The number of ether oxygens (including phenoxy) is 1. The molecule has 1 aliphatic heterocycles. The second-order valence-corrected chi connectivity index (χ2v) is 7.86. The van der Waals surface area contributed by atoms with Gasteiger partial charge in [0, 0.05) is 30.2 Å². The molecule has 1 aliphatic rings. The number of benzene rings is 2. The van der Waals surface area contributed by atoms with Gasteiger partial charge in [-0.1, -0.05) is 18.2 Å². The number of aliphatic hydroxyl groups excluding tert-OH is 1. The first-order valence-electron chi connectivity index (χ1n) is 10.2. The molecule has 1 fully saturated rings. The molecule has 1 amide bonds. The second-order valence-electron chi connectivity index (χ2n) is 7.86. The lowest BCUT2D eigenvalue weighted by molar-refractivity contribution is -0.133. The summed E-state index contributed by atoms with van der Waals surface area (Å²) in [5.41, 5.74) is 3.06. The fraction of sp³-hybridized carbons (Fsp3) is 0.333. The standard InChI is InChI=1S/C24H26N2O4/c1-16-3-8-20-22(13-16)26(15-23(28)25-11-9-18(27)10-12-25)14-21(24(20)29)17-4-6-19(30-2)7-5-17/h3-8,13-14,18,27H,9-12,15H2,1-2H3. The maximum Gasteiger partial charge on any atom is 0.242 e. The van der Waals surface area contributed by atoms with Crippen molar-refractivity contribution in [2.75, 3.05) is 20.2 Å². The average molecular weight is 406 g/mol. The van der Waals surface area contributed by atoms with Crippen LogP contribution >= 0.6 is 0 Å². The summed E-state index contributed by atoms with van der Waals surface area (Å²) in [6, 6.07) is 13.0. The van der Waals surface area contributed by atoms with Gasteiger partial charge in [-0.2, -0.15) is 0 Å². The van der Waals surface area contributed by atoms with Gasteiger partial charge in [-0.15, -0.1) is 0 Å². The van der Waals surface area contributed by atoms with Crippen molar-refractivity contribution < 1.29 is 14.6 Å². The van der Waals surface area contributed by atoms with Crippen molar-refractivity contribution >= 4 is 16.8 Å². The minimum absolute atomic E-state index is 0.00552. The minimum Gasteiger partial charge on any atom is -0.497 e. The monoisotopic (exact) mass is 406 g/mol.